The summed E-state index contributed by atoms with van der Waals surface area (Å²) in [7, 11) is 0. The van der Waals surface area contributed by atoms with Gasteiger partial charge in [-0.25, -0.2) is 0 Å². The molecule has 2 heterocycles. The lowest BCUT2D eigenvalue weighted by molar-refractivity contribution is -0.141. The van der Waals surface area contributed by atoms with Crippen LogP contribution in [0.5, 0.6) is 0 Å². The van der Waals surface area contributed by atoms with E-state index in [1.807, 2.05) is 31.4 Å². The first-order valence-corrected chi connectivity index (χ1v) is 12.9. The average molecular weight is 441 g/mol. The quantitative estimate of drug-likeness (QED) is 0.622. The molecule has 2 amide bonds. The number of carbonyl (C=O) groups is 2. The van der Waals surface area contributed by atoms with Gasteiger partial charge >= 0.3 is 0 Å². The minimum Gasteiger partial charge on any atom is -0.346 e. The first-order chi connectivity index (χ1) is 14.6. The number of carbonyl (C=O) groups excluding carboxylic acids is 2. The number of thiophene rings is 1. The number of hydrogen-bond donors (Lipinski definition) is 2. The Labute approximate surface area is 190 Å². The molecule has 3 aliphatic carbocycles. The van der Waals surface area contributed by atoms with Crippen LogP contribution in [0.4, 0.5) is 0 Å². The van der Waals surface area contributed by atoms with Gasteiger partial charge in [0.1, 0.15) is 5.92 Å². The van der Waals surface area contributed by atoms with E-state index in [-0.39, 0.29) is 17.2 Å². The first-order valence-electron chi connectivity index (χ1n) is 12.0. The van der Waals surface area contributed by atoms with E-state index >= 15 is 0 Å². The van der Waals surface area contributed by atoms with Crippen LogP contribution in [0.2, 0.25) is 0 Å². The summed E-state index contributed by atoms with van der Waals surface area (Å²) >= 11 is 1.64. The number of hydrogen-bond acceptors (Lipinski definition) is 3. The summed E-state index contributed by atoms with van der Waals surface area (Å²) in [5.74, 6) is 1.14. The molecule has 2 N–H and O–H groups in total. The molecule has 1 aromatic heterocycles. The summed E-state index contributed by atoms with van der Waals surface area (Å²) in [6.07, 6.45) is 10.6. The highest BCUT2D eigenvalue weighted by Crippen LogP contribution is 2.64. The molecule has 5 heteroatoms. The van der Waals surface area contributed by atoms with Crippen LogP contribution in [0, 0.1) is 34.5 Å². The molecule has 3 fully saturated rings. The summed E-state index contributed by atoms with van der Waals surface area (Å²) in [6, 6.07) is 4.04. The zero-order chi connectivity index (χ0) is 22.0. The highest BCUT2D eigenvalue weighted by atomic mass is 32.1. The maximum absolute atomic E-state index is 13.3. The second kappa shape index (κ2) is 7.19. The van der Waals surface area contributed by atoms with Crippen molar-refractivity contribution in [3.05, 3.63) is 34.2 Å². The lowest BCUT2D eigenvalue weighted by Crippen LogP contribution is -2.58. The third-order valence-corrected chi connectivity index (χ3v) is 10.5. The Hall–Kier alpha value is -1.62. The molecule has 0 spiro atoms. The third kappa shape index (κ3) is 3.30. The Bertz CT molecular complexity index is 920. The largest absolute Gasteiger partial charge is 0.346 e. The van der Waals surface area contributed by atoms with Crippen LogP contribution in [0.1, 0.15) is 77.5 Å². The van der Waals surface area contributed by atoms with Crippen molar-refractivity contribution >= 4 is 23.2 Å². The van der Waals surface area contributed by atoms with E-state index in [2.05, 4.69) is 30.6 Å². The van der Waals surface area contributed by atoms with Gasteiger partial charge in [-0.3, -0.25) is 9.59 Å². The van der Waals surface area contributed by atoms with Gasteiger partial charge in [-0.1, -0.05) is 32.4 Å². The summed E-state index contributed by atoms with van der Waals surface area (Å²) in [5, 5.41) is 8.38. The fourth-order valence-corrected chi connectivity index (χ4v) is 8.39. The minimum absolute atomic E-state index is 0.115. The Morgan fingerprint density at radius 3 is 2.77 bits per heavy atom. The van der Waals surface area contributed by atoms with Crippen molar-refractivity contribution in [3.8, 4) is 0 Å². The monoisotopic (exact) mass is 440 g/mol. The zero-order valence-electron chi connectivity index (χ0n) is 19.3. The molecular weight excluding hydrogens is 404 g/mol. The van der Waals surface area contributed by atoms with E-state index < -0.39 is 11.5 Å². The fraction of sp³-hybridized carbons (Fsp3) is 0.692. The average Bonchev–Trinajstić information content (AvgIpc) is 3.37. The van der Waals surface area contributed by atoms with Gasteiger partial charge in [-0.2, -0.15) is 0 Å². The molecule has 168 valence electrons. The minimum atomic E-state index is -0.628. The molecule has 6 atom stereocenters. The van der Waals surface area contributed by atoms with Crippen LogP contribution in [0.15, 0.2) is 29.3 Å². The molecule has 4 aliphatic rings. The standard InChI is InChI=1S/C26H36N2O2S/c1-24(2,21-8-6-14-31-21)28-23(30)17-15-26(4)19-11-13-25(3)12-5-7-18(25)16(19)9-10-20(26)27-22(17)29/h6,8,10,14,16-19H,5,7,9,11-13,15H2,1-4H3,(H,27,29)(H,28,30)/t16-,17?,18-,19+,25-,26+/m0/s1. The number of fused-ring (bicyclic) bond motifs is 5. The molecule has 1 saturated heterocycles. The summed E-state index contributed by atoms with van der Waals surface area (Å²) in [6.45, 7) is 8.86. The van der Waals surface area contributed by atoms with Gasteiger partial charge < -0.3 is 10.6 Å². The molecular formula is C26H36N2O2S. The van der Waals surface area contributed by atoms with Crippen LogP contribution in [-0.2, 0) is 15.1 Å². The van der Waals surface area contributed by atoms with Crippen LogP contribution in [-0.4, -0.2) is 11.8 Å². The lowest BCUT2D eigenvalue weighted by Gasteiger charge is -2.57. The highest BCUT2D eigenvalue weighted by molar-refractivity contribution is 7.10. The SMILES string of the molecule is CC(C)(NC(=O)C1C[C@@]2(C)C(=CC[C@@H]3[C@H]2CC[C@]2(C)CCC[C@@H]32)NC1=O)c1cccs1. The number of allylic oxidation sites excluding steroid dienone is 2. The second-order valence-electron chi connectivity index (χ2n) is 11.6. The van der Waals surface area contributed by atoms with E-state index in [9.17, 15) is 9.59 Å². The molecule has 1 unspecified atom stereocenters. The van der Waals surface area contributed by atoms with E-state index in [0.717, 1.165) is 22.9 Å². The van der Waals surface area contributed by atoms with E-state index in [0.29, 0.717) is 23.7 Å². The summed E-state index contributed by atoms with van der Waals surface area (Å²) in [5.41, 5.74) is 0.994. The Kier molecular flexibility index (Phi) is 4.93. The predicted octanol–water partition coefficient (Wildman–Crippen LogP) is 5.36. The van der Waals surface area contributed by atoms with Gasteiger partial charge in [0.25, 0.3) is 0 Å². The van der Waals surface area contributed by atoms with Crippen molar-refractivity contribution in [3.63, 3.8) is 0 Å². The van der Waals surface area contributed by atoms with Crippen LogP contribution in [0.3, 0.4) is 0 Å². The number of nitrogens with one attached hydrogen (secondary N) is 2. The van der Waals surface area contributed by atoms with E-state index in [1.165, 1.54) is 32.1 Å². The van der Waals surface area contributed by atoms with Gasteiger partial charge in [0.15, 0.2) is 0 Å². The highest BCUT2D eigenvalue weighted by Gasteiger charge is 2.58. The van der Waals surface area contributed by atoms with Gasteiger partial charge in [-0.15, -0.1) is 11.3 Å². The van der Waals surface area contributed by atoms with Crippen LogP contribution >= 0.6 is 11.3 Å². The summed E-state index contributed by atoms with van der Waals surface area (Å²) in [4.78, 5) is 27.4. The van der Waals surface area contributed by atoms with Gasteiger partial charge in [0.2, 0.25) is 11.8 Å². The molecule has 1 aliphatic heterocycles. The molecule has 4 nitrogen and oxygen atoms in total. The second-order valence-corrected chi connectivity index (χ2v) is 12.5. The van der Waals surface area contributed by atoms with Crippen LogP contribution in [0.25, 0.3) is 0 Å². The van der Waals surface area contributed by atoms with Crippen molar-refractivity contribution < 1.29 is 9.59 Å². The molecule has 5 rings (SSSR count). The Balaban J connectivity index is 1.39. The zero-order valence-corrected chi connectivity index (χ0v) is 20.1. The van der Waals surface area contributed by atoms with Crippen molar-refractivity contribution in [1.82, 2.24) is 10.6 Å². The van der Waals surface area contributed by atoms with Crippen molar-refractivity contribution in [2.24, 2.45) is 34.5 Å². The van der Waals surface area contributed by atoms with Gasteiger partial charge in [0.05, 0.1) is 5.54 Å². The van der Waals surface area contributed by atoms with E-state index in [4.69, 9.17) is 0 Å². The van der Waals surface area contributed by atoms with Gasteiger partial charge in [0, 0.05) is 16.0 Å². The Morgan fingerprint density at radius 1 is 1.23 bits per heavy atom. The number of piperidine rings is 1. The van der Waals surface area contributed by atoms with Crippen molar-refractivity contribution in [2.45, 2.75) is 78.2 Å². The van der Waals surface area contributed by atoms with Crippen LogP contribution < -0.4 is 10.6 Å². The maximum atomic E-state index is 13.3. The fourth-order valence-electron chi connectivity index (χ4n) is 7.58. The first kappa shape index (κ1) is 21.2. The smallest absolute Gasteiger partial charge is 0.236 e. The summed E-state index contributed by atoms with van der Waals surface area (Å²) < 4.78 is 0. The lowest BCUT2D eigenvalue weighted by atomic mass is 9.49. The van der Waals surface area contributed by atoms with Crippen molar-refractivity contribution in [2.75, 3.05) is 0 Å². The Morgan fingerprint density at radius 2 is 2.03 bits per heavy atom. The molecule has 1 aromatic rings. The molecule has 0 bridgehead atoms. The molecule has 31 heavy (non-hydrogen) atoms. The maximum Gasteiger partial charge on any atom is 0.236 e. The third-order valence-electron chi connectivity index (χ3n) is 9.34. The predicted molar refractivity (Wildman–Crippen MR) is 124 cm³/mol. The van der Waals surface area contributed by atoms with Crippen molar-refractivity contribution in [1.29, 1.82) is 0 Å². The number of rotatable bonds is 3. The molecule has 0 aromatic carbocycles. The topological polar surface area (TPSA) is 58.2 Å². The van der Waals surface area contributed by atoms with E-state index in [1.54, 1.807) is 11.3 Å². The normalized spacial score (nSPS) is 39.6. The number of amides is 2. The molecule has 0 radical (unpaired) electrons. The molecule has 2 saturated carbocycles. The van der Waals surface area contributed by atoms with Gasteiger partial charge in [-0.05, 0) is 87.0 Å².